The Morgan fingerprint density at radius 2 is 1.84 bits per heavy atom. The molecule has 19 heavy (non-hydrogen) atoms. The summed E-state index contributed by atoms with van der Waals surface area (Å²) >= 11 is 0. The summed E-state index contributed by atoms with van der Waals surface area (Å²) in [6, 6.07) is -0.222. The fourth-order valence-corrected chi connectivity index (χ4v) is 4.60. The van der Waals surface area contributed by atoms with E-state index >= 15 is 0 Å². The third-order valence-electron chi connectivity index (χ3n) is 4.13. The molecule has 7 heteroatoms. The molecule has 0 aromatic carbocycles. The molecular weight excluding hydrogens is 266 g/mol. The van der Waals surface area contributed by atoms with E-state index in [0.717, 1.165) is 45.2 Å². The largest absolute Gasteiger partial charge is 0.395 e. The van der Waals surface area contributed by atoms with Gasteiger partial charge in [-0.1, -0.05) is 6.42 Å². The lowest BCUT2D eigenvalue weighted by Crippen LogP contribution is -2.54. The highest BCUT2D eigenvalue weighted by atomic mass is 32.2. The molecule has 0 spiro atoms. The predicted molar refractivity (Wildman–Crippen MR) is 74.0 cm³/mol. The minimum atomic E-state index is -3.46. The quantitative estimate of drug-likeness (QED) is 0.750. The number of likely N-dealkylation sites (tertiary alicyclic amines) is 1. The van der Waals surface area contributed by atoms with E-state index in [9.17, 15) is 13.5 Å². The van der Waals surface area contributed by atoms with E-state index in [2.05, 4.69) is 16.7 Å². The van der Waals surface area contributed by atoms with Crippen molar-refractivity contribution < 1.29 is 13.5 Å². The molecule has 2 fully saturated rings. The Labute approximate surface area is 116 Å². The molecule has 0 aromatic rings. The molecule has 0 radical (unpaired) electrons. The molecule has 2 saturated heterocycles. The average molecular weight is 291 g/mol. The molecule has 1 atom stereocenters. The van der Waals surface area contributed by atoms with Crippen LogP contribution >= 0.6 is 0 Å². The minimum absolute atomic E-state index is 0.0301. The zero-order valence-electron chi connectivity index (χ0n) is 11.6. The van der Waals surface area contributed by atoms with Gasteiger partial charge in [0.15, 0.2) is 0 Å². The molecule has 0 amide bonds. The van der Waals surface area contributed by atoms with Crippen molar-refractivity contribution >= 4 is 10.2 Å². The summed E-state index contributed by atoms with van der Waals surface area (Å²) in [6.07, 6.45) is 4.34. The van der Waals surface area contributed by atoms with Gasteiger partial charge < -0.3 is 10.0 Å². The summed E-state index contributed by atoms with van der Waals surface area (Å²) in [5.41, 5.74) is 0. The van der Waals surface area contributed by atoms with Crippen molar-refractivity contribution in [1.29, 1.82) is 0 Å². The van der Waals surface area contributed by atoms with E-state index in [1.807, 2.05) is 0 Å². The molecule has 6 nitrogen and oxygen atoms in total. The Morgan fingerprint density at radius 1 is 1.16 bits per heavy atom. The number of rotatable bonds is 4. The van der Waals surface area contributed by atoms with E-state index in [4.69, 9.17) is 0 Å². The molecule has 1 unspecified atom stereocenters. The van der Waals surface area contributed by atoms with Gasteiger partial charge in [-0.25, -0.2) is 0 Å². The second-order valence-electron chi connectivity index (χ2n) is 5.64. The zero-order valence-corrected chi connectivity index (χ0v) is 12.4. The molecule has 2 heterocycles. The maximum atomic E-state index is 12.4. The van der Waals surface area contributed by atoms with Gasteiger partial charge in [-0.3, -0.25) is 0 Å². The van der Waals surface area contributed by atoms with E-state index in [1.165, 1.54) is 4.31 Å². The van der Waals surface area contributed by atoms with Crippen molar-refractivity contribution in [2.24, 2.45) is 0 Å². The van der Waals surface area contributed by atoms with Crippen LogP contribution in [0, 0.1) is 0 Å². The van der Waals surface area contributed by atoms with E-state index in [1.54, 1.807) is 0 Å². The summed E-state index contributed by atoms with van der Waals surface area (Å²) in [5.74, 6) is 0. The van der Waals surface area contributed by atoms with Crippen LogP contribution in [0.4, 0.5) is 0 Å². The number of hydrogen-bond acceptors (Lipinski definition) is 4. The van der Waals surface area contributed by atoms with Crippen molar-refractivity contribution in [3.63, 3.8) is 0 Å². The van der Waals surface area contributed by atoms with Gasteiger partial charge in [-0.05, 0) is 45.8 Å². The third kappa shape index (κ3) is 3.88. The van der Waals surface area contributed by atoms with Crippen molar-refractivity contribution in [3.05, 3.63) is 0 Å². The van der Waals surface area contributed by atoms with Crippen LogP contribution in [0.3, 0.4) is 0 Å². The molecule has 2 N–H and O–H groups in total. The lowest BCUT2D eigenvalue weighted by molar-refractivity contribution is 0.152. The fraction of sp³-hybridized carbons (Fsp3) is 1.00. The lowest BCUT2D eigenvalue weighted by atomic mass is 10.1. The van der Waals surface area contributed by atoms with Crippen LogP contribution in [0.15, 0.2) is 0 Å². The first kappa shape index (κ1) is 15.2. The Kier molecular flexibility index (Phi) is 5.19. The first-order valence-corrected chi connectivity index (χ1v) is 8.55. The van der Waals surface area contributed by atoms with Gasteiger partial charge in [0.2, 0.25) is 0 Å². The maximum absolute atomic E-state index is 12.4. The Morgan fingerprint density at radius 3 is 2.47 bits per heavy atom. The lowest BCUT2D eigenvalue weighted by Gasteiger charge is -2.36. The molecule has 2 rings (SSSR count). The summed E-state index contributed by atoms with van der Waals surface area (Å²) < 4.78 is 29.1. The summed E-state index contributed by atoms with van der Waals surface area (Å²) in [6.45, 7) is 2.29. The Hall–Kier alpha value is -0.210. The van der Waals surface area contributed by atoms with E-state index in [0.29, 0.717) is 6.54 Å². The van der Waals surface area contributed by atoms with Gasteiger partial charge in [0.25, 0.3) is 10.2 Å². The molecule has 0 aromatic heterocycles. The number of aliphatic hydroxyl groups excluding tert-OH is 1. The first-order valence-electron chi connectivity index (χ1n) is 7.11. The number of nitrogens with one attached hydrogen (secondary N) is 1. The van der Waals surface area contributed by atoms with Crippen LogP contribution < -0.4 is 4.72 Å². The van der Waals surface area contributed by atoms with E-state index in [-0.39, 0.29) is 18.7 Å². The summed E-state index contributed by atoms with van der Waals surface area (Å²) in [7, 11) is -1.40. The van der Waals surface area contributed by atoms with Crippen molar-refractivity contribution in [2.75, 3.05) is 33.3 Å². The molecule has 0 aliphatic carbocycles. The van der Waals surface area contributed by atoms with Crippen LogP contribution in [0.2, 0.25) is 0 Å². The zero-order chi connectivity index (χ0) is 13.9. The van der Waals surface area contributed by atoms with Crippen LogP contribution in [-0.4, -0.2) is 68.1 Å². The highest BCUT2D eigenvalue weighted by Crippen LogP contribution is 2.20. The van der Waals surface area contributed by atoms with Gasteiger partial charge in [0.1, 0.15) is 0 Å². The van der Waals surface area contributed by atoms with Crippen molar-refractivity contribution in [1.82, 2.24) is 13.9 Å². The molecule has 0 saturated carbocycles. The van der Waals surface area contributed by atoms with Crippen LogP contribution in [0.5, 0.6) is 0 Å². The molecular formula is C12H25N3O3S. The standard InChI is InChI=1S/C12H25N3O3S/c1-14-8-5-11(6-9-14)13-19(17,18)15-7-3-2-4-12(15)10-16/h11-13,16H,2-10H2,1H3. The molecule has 112 valence electrons. The fourth-order valence-electron chi connectivity index (χ4n) is 2.88. The van der Waals surface area contributed by atoms with Crippen molar-refractivity contribution in [3.8, 4) is 0 Å². The van der Waals surface area contributed by atoms with E-state index < -0.39 is 10.2 Å². The molecule has 2 aliphatic heterocycles. The number of aliphatic hydroxyl groups is 1. The number of nitrogens with zero attached hydrogens (tertiary/aromatic N) is 2. The van der Waals surface area contributed by atoms with Gasteiger partial charge in [-0.2, -0.15) is 17.4 Å². The highest BCUT2D eigenvalue weighted by Gasteiger charge is 2.33. The summed E-state index contributed by atoms with van der Waals surface area (Å²) in [5, 5.41) is 9.32. The Balaban J connectivity index is 1.96. The second kappa shape index (κ2) is 6.49. The Bertz CT molecular complexity index is 380. The van der Waals surface area contributed by atoms with Gasteiger partial charge in [0.05, 0.1) is 6.61 Å². The average Bonchev–Trinajstić information content (AvgIpc) is 2.41. The van der Waals surface area contributed by atoms with Gasteiger partial charge >= 0.3 is 0 Å². The van der Waals surface area contributed by atoms with Gasteiger partial charge in [-0.15, -0.1) is 0 Å². The van der Waals surface area contributed by atoms with Crippen molar-refractivity contribution in [2.45, 2.75) is 44.2 Å². The number of piperidine rings is 2. The van der Waals surface area contributed by atoms with Gasteiger partial charge in [0, 0.05) is 18.6 Å². The smallest absolute Gasteiger partial charge is 0.280 e. The SMILES string of the molecule is CN1CCC(NS(=O)(=O)N2CCCCC2CO)CC1. The first-order chi connectivity index (χ1) is 9.03. The maximum Gasteiger partial charge on any atom is 0.280 e. The van der Waals surface area contributed by atoms with Crippen LogP contribution in [0.25, 0.3) is 0 Å². The second-order valence-corrected chi connectivity index (χ2v) is 7.30. The third-order valence-corrected chi connectivity index (χ3v) is 5.86. The predicted octanol–water partition coefficient (Wildman–Crippen LogP) is -0.238. The monoisotopic (exact) mass is 291 g/mol. The number of hydrogen-bond donors (Lipinski definition) is 2. The normalized spacial score (nSPS) is 28.6. The topological polar surface area (TPSA) is 72.9 Å². The van der Waals surface area contributed by atoms with Crippen LogP contribution in [-0.2, 0) is 10.2 Å². The summed E-state index contributed by atoms with van der Waals surface area (Å²) in [4.78, 5) is 2.21. The highest BCUT2D eigenvalue weighted by molar-refractivity contribution is 7.87. The molecule has 0 bridgehead atoms. The van der Waals surface area contributed by atoms with Crippen LogP contribution in [0.1, 0.15) is 32.1 Å². The minimum Gasteiger partial charge on any atom is -0.395 e. The molecule has 2 aliphatic rings.